The topological polar surface area (TPSA) is 83.9 Å². The summed E-state index contributed by atoms with van der Waals surface area (Å²) >= 11 is 6.96. The van der Waals surface area contributed by atoms with E-state index in [0.29, 0.717) is 30.6 Å². The van der Waals surface area contributed by atoms with Gasteiger partial charge < -0.3 is 9.84 Å². The number of benzene rings is 1. The Morgan fingerprint density at radius 1 is 1.17 bits per heavy atom. The third kappa shape index (κ3) is 4.64. The van der Waals surface area contributed by atoms with Gasteiger partial charge in [0.2, 0.25) is 10.0 Å². The molecule has 2 unspecified atom stereocenters. The van der Waals surface area contributed by atoms with Crippen LogP contribution in [-0.2, 0) is 10.0 Å². The third-order valence-corrected chi connectivity index (χ3v) is 11.1. The van der Waals surface area contributed by atoms with Crippen LogP contribution in [0.3, 0.4) is 0 Å². The first kappa shape index (κ1) is 24.1. The maximum Gasteiger partial charge on any atom is 0.221 e. The van der Waals surface area contributed by atoms with Gasteiger partial charge in [0, 0.05) is 29.4 Å². The van der Waals surface area contributed by atoms with Gasteiger partial charge in [-0.05, 0) is 87.2 Å². The number of carbonyl (C=O) groups is 1. The van der Waals surface area contributed by atoms with Gasteiger partial charge in [0.15, 0.2) is 5.78 Å². The molecule has 1 aliphatic heterocycles. The summed E-state index contributed by atoms with van der Waals surface area (Å²) in [5, 5.41) is 9.65. The standard InChI is InChI=1S/C26H33ClFNO5S/c27-26-10-16-5-17(11-26)9-25(8-16,14-26)15-34-24-7-22(28)21(6-20(24)18-1-2-18)23(31)13-35(32,33)29-4-3-19(30)12-29/h6-7,16-19,30H,1-5,8-15H2/t16?,17?,19-,25?,26?/m0/s1. The van der Waals surface area contributed by atoms with Crippen molar-refractivity contribution < 1.29 is 27.4 Å². The van der Waals surface area contributed by atoms with Crippen LogP contribution in [0.15, 0.2) is 12.1 Å². The molecule has 35 heavy (non-hydrogen) atoms. The second-order valence-corrected chi connectivity index (χ2v) is 14.8. The second kappa shape index (κ2) is 8.40. The lowest BCUT2D eigenvalue weighted by molar-refractivity contribution is -0.0638. The summed E-state index contributed by atoms with van der Waals surface area (Å²) in [4.78, 5) is 12.8. The number of ether oxygens (including phenoxy) is 1. The molecule has 1 saturated heterocycles. The molecular formula is C26H33ClFNO5S. The quantitative estimate of drug-likeness (QED) is 0.405. The number of sulfonamides is 1. The predicted molar refractivity (Wildman–Crippen MR) is 130 cm³/mol. The number of hydrogen-bond donors (Lipinski definition) is 1. The van der Waals surface area contributed by atoms with E-state index in [4.69, 9.17) is 16.3 Å². The van der Waals surface area contributed by atoms with Crippen LogP contribution in [0.5, 0.6) is 5.75 Å². The molecule has 1 aromatic carbocycles. The van der Waals surface area contributed by atoms with Crippen molar-refractivity contribution in [2.45, 2.75) is 74.7 Å². The minimum atomic E-state index is -3.91. The van der Waals surface area contributed by atoms with Gasteiger partial charge in [0.1, 0.15) is 17.3 Å². The second-order valence-electron chi connectivity index (χ2n) is 12.0. The molecule has 7 rings (SSSR count). The van der Waals surface area contributed by atoms with Crippen LogP contribution in [0.4, 0.5) is 4.39 Å². The van der Waals surface area contributed by atoms with E-state index in [1.807, 2.05) is 0 Å². The molecule has 6 fully saturated rings. The van der Waals surface area contributed by atoms with E-state index in [2.05, 4.69) is 0 Å². The Morgan fingerprint density at radius 2 is 1.89 bits per heavy atom. The zero-order valence-corrected chi connectivity index (χ0v) is 21.4. The SMILES string of the molecule is O=C(CS(=O)(=O)N1CC[C@H](O)C1)c1cc(C2CC2)c(OCC23CC4CC(CC(Cl)(C4)C2)C3)cc1F. The van der Waals surface area contributed by atoms with Crippen molar-refractivity contribution >= 4 is 27.4 Å². The lowest BCUT2D eigenvalue weighted by Gasteiger charge is -2.59. The smallest absolute Gasteiger partial charge is 0.221 e. The Balaban J connectivity index is 1.20. The maximum absolute atomic E-state index is 15.2. The maximum atomic E-state index is 15.2. The van der Waals surface area contributed by atoms with Crippen LogP contribution in [0.1, 0.15) is 79.6 Å². The molecule has 3 atom stereocenters. The molecule has 5 aliphatic carbocycles. The zero-order chi connectivity index (χ0) is 24.6. The summed E-state index contributed by atoms with van der Waals surface area (Å²) in [5.74, 6) is -0.325. The minimum Gasteiger partial charge on any atom is -0.493 e. The highest BCUT2D eigenvalue weighted by Gasteiger charge is 2.57. The molecule has 4 bridgehead atoms. The van der Waals surface area contributed by atoms with E-state index in [1.165, 1.54) is 18.6 Å². The van der Waals surface area contributed by atoms with Crippen molar-refractivity contribution in [3.63, 3.8) is 0 Å². The molecule has 9 heteroatoms. The number of alkyl halides is 1. The van der Waals surface area contributed by atoms with E-state index in [9.17, 15) is 18.3 Å². The van der Waals surface area contributed by atoms with Gasteiger partial charge in [-0.1, -0.05) is 0 Å². The van der Waals surface area contributed by atoms with Crippen LogP contribution in [0, 0.1) is 23.1 Å². The van der Waals surface area contributed by atoms with Crippen molar-refractivity contribution in [3.05, 3.63) is 29.1 Å². The summed E-state index contributed by atoms with van der Waals surface area (Å²) in [6.45, 7) is 0.657. The average Bonchev–Trinajstić information content (AvgIpc) is 3.49. The van der Waals surface area contributed by atoms with Crippen LogP contribution < -0.4 is 4.74 Å². The highest BCUT2D eigenvalue weighted by atomic mass is 35.5. The van der Waals surface area contributed by atoms with Crippen molar-refractivity contribution in [2.75, 3.05) is 25.4 Å². The Bertz CT molecular complexity index is 1140. The van der Waals surface area contributed by atoms with Crippen LogP contribution in [-0.4, -0.2) is 60.0 Å². The molecule has 0 radical (unpaired) electrons. The van der Waals surface area contributed by atoms with Gasteiger partial charge in [0.25, 0.3) is 0 Å². The predicted octanol–water partition coefficient (Wildman–Crippen LogP) is 4.24. The van der Waals surface area contributed by atoms with E-state index in [0.717, 1.165) is 54.8 Å². The Labute approximate surface area is 211 Å². The molecule has 6 nitrogen and oxygen atoms in total. The van der Waals surface area contributed by atoms with Crippen LogP contribution >= 0.6 is 11.6 Å². The summed E-state index contributed by atoms with van der Waals surface area (Å²) < 4.78 is 47.9. The van der Waals surface area contributed by atoms with Crippen LogP contribution in [0.25, 0.3) is 0 Å². The van der Waals surface area contributed by atoms with Gasteiger partial charge in [-0.2, -0.15) is 4.31 Å². The lowest BCUT2D eigenvalue weighted by atomic mass is 9.49. The molecular weight excluding hydrogens is 493 g/mol. The summed E-state index contributed by atoms with van der Waals surface area (Å²) in [6, 6.07) is 2.80. The first-order valence-electron chi connectivity index (χ1n) is 12.9. The van der Waals surface area contributed by atoms with Crippen molar-refractivity contribution in [1.29, 1.82) is 0 Å². The third-order valence-electron chi connectivity index (χ3n) is 8.89. The number of hydrogen-bond acceptors (Lipinski definition) is 5. The fourth-order valence-electron chi connectivity index (χ4n) is 7.66. The number of aliphatic hydroxyl groups excluding tert-OH is 1. The zero-order valence-electron chi connectivity index (χ0n) is 19.8. The minimum absolute atomic E-state index is 0.0226. The van der Waals surface area contributed by atoms with Crippen molar-refractivity contribution in [3.8, 4) is 5.75 Å². The van der Waals surface area contributed by atoms with Crippen LogP contribution in [0.2, 0.25) is 0 Å². The number of β-amino-alcohol motifs (C(OH)–C–C–N with tert-alkyl or cyclic N) is 1. The Hall–Kier alpha value is -1.22. The summed E-state index contributed by atoms with van der Waals surface area (Å²) in [5.41, 5.74) is 0.637. The molecule has 1 N–H and O–H groups in total. The number of aliphatic hydroxyl groups is 1. The normalized spacial score (nSPS) is 36.6. The number of ketones is 1. The largest absolute Gasteiger partial charge is 0.493 e. The molecule has 0 amide bonds. The fraction of sp³-hybridized carbons (Fsp3) is 0.731. The number of Topliss-reactive ketones (excluding diaryl/α,β-unsaturated/α-hetero) is 1. The van der Waals surface area contributed by atoms with Gasteiger partial charge in [-0.3, -0.25) is 4.79 Å². The summed E-state index contributed by atoms with van der Waals surface area (Å²) in [7, 11) is -3.91. The molecule has 5 saturated carbocycles. The fourth-order valence-corrected chi connectivity index (χ4v) is 9.83. The monoisotopic (exact) mass is 525 g/mol. The molecule has 0 aromatic heterocycles. The Kier molecular flexibility index (Phi) is 5.79. The Morgan fingerprint density at radius 3 is 2.49 bits per heavy atom. The van der Waals surface area contributed by atoms with Gasteiger partial charge in [0.05, 0.1) is 18.3 Å². The molecule has 1 aromatic rings. The number of rotatable bonds is 8. The van der Waals surface area contributed by atoms with E-state index in [1.54, 1.807) is 0 Å². The molecule has 192 valence electrons. The lowest BCUT2D eigenvalue weighted by Crippen LogP contribution is -2.55. The van der Waals surface area contributed by atoms with Gasteiger partial charge in [-0.25, -0.2) is 12.8 Å². The molecule has 6 aliphatic rings. The van der Waals surface area contributed by atoms with E-state index in [-0.39, 0.29) is 34.9 Å². The van der Waals surface area contributed by atoms with Gasteiger partial charge in [-0.15, -0.1) is 11.6 Å². The van der Waals surface area contributed by atoms with E-state index < -0.39 is 33.5 Å². The first-order chi connectivity index (χ1) is 16.5. The van der Waals surface area contributed by atoms with E-state index >= 15 is 4.39 Å². The highest BCUT2D eigenvalue weighted by Crippen LogP contribution is 2.64. The van der Waals surface area contributed by atoms with Crippen molar-refractivity contribution in [2.24, 2.45) is 17.3 Å². The van der Waals surface area contributed by atoms with Gasteiger partial charge >= 0.3 is 0 Å². The molecule has 1 heterocycles. The number of carbonyl (C=O) groups excluding carboxylic acids is 1. The van der Waals surface area contributed by atoms with Crippen molar-refractivity contribution in [1.82, 2.24) is 4.31 Å². The number of nitrogens with zero attached hydrogens (tertiary/aromatic N) is 1. The highest BCUT2D eigenvalue weighted by molar-refractivity contribution is 7.89. The number of halogens is 2. The average molecular weight is 526 g/mol. The molecule has 0 spiro atoms. The first-order valence-corrected chi connectivity index (χ1v) is 14.9. The summed E-state index contributed by atoms with van der Waals surface area (Å²) in [6.07, 6.45) is 8.10.